The highest BCUT2D eigenvalue weighted by Gasteiger charge is 2.27. The van der Waals surface area contributed by atoms with Crippen molar-refractivity contribution in [3.63, 3.8) is 0 Å². The Morgan fingerprint density at radius 2 is 2.00 bits per heavy atom. The van der Waals surface area contributed by atoms with Crippen LogP contribution in [0.4, 0.5) is 0 Å². The van der Waals surface area contributed by atoms with E-state index in [4.69, 9.17) is 4.42 Å². The molecule has 0 aliphatic heterocycles. The van der Waals surface area contributed by atoms with Crippen molar-refractivity contribution in [3.8, 4) is 5.69 Å². The number of hydrogen-bond donors (Lipinski definition) is 2. The van der Waals surface area contributed by atoms with E-state index < -0.39 is 5.60 Å². The van der Waals surface area contributed by atoms with Crippen LogP contribution in [-0.4, -0.2) is 21.2 Å². The van der Waals surface area contributed by atoms with Crippen LogP contribution in [0.15, 0.2) is 53.5 Å². The average molecular weight is 325 g/mol. The van der Waals surface area contributed by atoms with E-state index in [9.17, 15) is 5.11 Å². The highest BCUT2D eigenvalue weighted by molar-refractivity contribution is 5.34. The van der Waals surface area contributed by atoms with E-state index in [1.54, 1.807) is 19.4 Å². The quantitative estimate of drug-likeness (QED) is 0.731. The standard InChI is InChI=1S/C19H23N3O2/c1-14-10-18(15(2)24-14)19(3,23)12-21-11-16-4-6-17(7-5-16)22-9-8-20-13-22/h4-10,13,21,23H,11-12H2,1-3H3. The van der Waals surface area contributed by atoms with Crippen LogP contribution in [0, 0.1) is 13.8 Å². The lowest BCUT2D eigenvalue weighted by atomic mass is 9.96. The molecule has 1 unspecified atom stereocenters. The predicted molar refractivity (Wildman–Crippen MR) is 93.0 cm³/mol. The molecule has 0 saturated carbocycles. The highest BCUT2D eigenvalue weighted by atomic mass is 16.3. The number of aryl methyl sites for hydroxylation is 2. The summed E-state index contributed by atoms with van der Waals surface area (Å²) in [5.41, 5.74) is 2.11. The molecule has 126 valence electrons. The Bertz CT molecular complexity index is 787. The van der Waals surface area contributed by atoms with E-state index in [1.807, 2.05) is 30.7 Å². The summed E-state index contributed by atoms with van der Waals surface area (Å²) in [6.07, 6.45) is 5.45. The summed E-state index contributed by atoms with van der Waals surface area (Å²) in [7, 11) is 0. The van der Waals surface area contributed by atoms with Crippen molar-refractivity contribution in [2.75, 3.05) is 6.54 Å². The van der Waals surface area contributed by atoms with Crippen LogP contribution in [0.5, 0.6) is 0 Å². The molecule has 2 aromatic heterocycles. The van der Waals surface area contributed by atoms with Crippen molar-refractivity contribution < 1.29 is 9.52 Å². The van der Waals surface area contributed by atoms with Crippen LogP contribution in [0.3, 0.4) is 0 Å². The van der Waals surface area contributed by atoms with Gasteiger partial charge in [-0.1, -0.05) is 12.1 Å². The van der Waals surface area contributed by atoms with Gasteiger partial charge in [0.1, 0.15) is 17.1 Å². The Hall–Kier alpha value is -2.37. The summed E-state index contributed by atoms with van der Waals surface area (Å²) in [4.78, 5) is 4.05. The molecule has 5 nitrogen and oxygen atoms in total. The molecular formula is C19H23N3O2. The van der Waals surface area contributed by atoms with E-state index in [2.05, 4.69) is 34.6 Å². The molecule has 0 aliphatic carbocycles. The van der Waals surface area contributed by atoms with Gasteiger partial charge in [-0.15, -0.1) is 0 Å². The number of nitrogens with zero attached hydrogens (tertiary/aromatic N) is 2. The smallest absolute Gasteiger partial charge is 0.107 e. The van der Waals surface area contributed by atoms with Gasteiger partial charge in [-0.05, 0) is 44.5 Å². The van der Waals surface area contributed by atoms with E-state index >= 15 is 0 Å². The summed E-state index contributed by atoms with van der Waals surface area (Å²) in [5, 5.41) is 14.0. The van der Waals surface area contributed by atoms with Crippen molar-refractivity contribution in [2.24, 2.45) is 0 Å². The lowest BCUT2D eigenvalue weighted by molar-refractivity contribution is 0.0552. The van der Waals surface area contributed by atoms with E-state index in [1.165, 1.54) is 0 Å². The van der Waals surface area contributed by atoms with Gasteiger partial charge in [0.25, 0.3) is 0 Å². The lowest BCUT2D eigenvalue weighted by Crippen LogP contribution is -2.35. The van der Waals surface area contributed by atoms with Crippen LogP contribution >= 0.6 is 0 Å². The van der Waals surface area contributed by atoms with E-state index in [0.717, 1.165) is 28.3 Å². The Kier molecular flexibility index (Phi) is 4.55. The molecule has 2 N–H and O–H groups in total. The molecule has 0 fully saturated rings. The van der Waals surface area contributed by atoms with Crippen LogP contribution in [0.1, 0.15) is 29.6 Å². The fourth-order valence-electron chi connectivity index (χ4n) is 2.91. The summed E-state index contributed by atoms with van der Waals surface area (Å²) >= 11 is 0. The molecule has 0 spiro atoms. The summed E-state index contributed by atoms with van der Waals surface area (Å²) in [5.74, 6) is 1.59. The number of benzene rings is 1. The fourth-order valence-corrected chi connectivity index (χ4v) is 2.91. The Morgan fingerprint density at radius 1 is 1.25 bits per heavy atom. The summed E-state index contributed by atoms with van der Waals surface area (Å²) in [6.45, 7) is 6.72. The third-order valence-electron chi connectivity index (χ3n) is 4.16. The average Bonchev–Trinajstić information content (AvgIpc) is 3.18. The van der Waals surface area contributed by atoms with Gasteiger partial charge in [0.15, 0.2) is 0 Å². The first-order valence-corrected chi connectivity index (χ1v) is 8.03. The second-order valence-corrected chi connectivity index (χ2v) is 6.34. The maximum Gasteiger partial charge on any atom is 0.107 e. The van der Waals surface area contributed by atoms with Crippen molar-refractivity contribution in [3.05, 3.63) is 71.7 Å². The molecule has 3 rings (SSSR count). The SMILES string of the molecule is Cc1cc(C(C)(O)CNCc2ccc(-n3ccnc3)cc2)c(C)o1. The zero-order valence-corrected chi connectivity index (χ0v) is 14.3. The third-order valence-corrected chi connectivity index (χ3v) is 4.16. The Labute approximate surface area is 142 Å². The van der Waals surface area contributed by atoms with Crippen LogP contribution in [0.2, 0.25) is 0 Å². The normalized spacial score (nSPS) is 13.8. The molecule has 0 radical (unpaired) electrons. The molecule has 1 atom stereocenters. The zero-order chi connectivity index (χ0) is 17.2. The first-order chi connectivity index (χ1) is 11.5. The molecular weight excluding hydrogens is 302 g/mol. The topological polar surface area (TPSA) is 63.2 Å². The van der Waals surface area contributed by atoms with Crippen LogP contribution in [-0.2, 0) is 12.1 Å². The zero-order valence-electron chi connectivity index (χ0n) is 14.3. The first kappa shape index (κ1) is 16.5. The second-order valence-electron chi connectivity index (χ2n) is 6.34. The largest absolute Gasteiger partial charge is 0.466 e. The van der Waals surface area contributed by atoms with Gasteiger partial charge in [-0.25, -0.2) is 4.98 Å². The minimum atomic E-state index is -0.960. The van der Waals surface area contributed by atoms with Crippen LogP contribution in [0.25, 0.3) is 5.69 Å². The van der Waals surface area contributed by atoms with Crippen molar-refractivity contribution >= 4 is 0 Å². The van der Waals surface area contributed by atoms with E-state index in [-0.39, 0.29) is 0 Å². The number of aromatic nitrogens is 2. The molecule has 3 aromatic rings. The first-order valence-electron chi connectivity index (χ1n) is 8.03. The molecule has 0 aliphatic rings. The summed E-state index contributed by atoms with van der Waals surface area (Å²) in [6, 6.07) is 10.2. The van der Waals surface area contributed by atoms with Gasteiger partial charge in [-0.3, -0.25) is 0 Å². The van der Waals surface area contributed by atoms with Gasteiger partial charge in [0.05, 0.1) is 6.33 Å². The maximum absolute atomic E-state index is 10.7. The molecule has 0 bridgehead atoms. The highest BCUT2D eigenvalue weighted by Crippen LogP contribution is 2.26. The molecule has 0 saturated heterocycles. The molecule has 0 amide bonds. The number of aliphatic hydroxyl groups is 1. The number of imidazole rings is 1. The molecule has 5 heteroatoms. The van der Waals surface area contributed by atoms with Gasteiger partial charge in [-0.2, -0.15) is 0 Å². The van der Waals surface area contributed by atoms with Gasteiger partial charge >= 0.3 is 0 Å². The van der Waals surface area contributed by atoms with Gasteiger partial charge < -0.3 is 19.4 Å². The van der Waals surface area contributed by atoms with Crippen molar-refractivity contribution in [1.82, 2.24) is 14.9 Å². The number of furan rings is 1. The van der Waals surface area contributed by atoms with E-state index in [0.29, 0.717) is 13.1 Å². The van der Waals surface area contributed by atoms with Gasteiger partial charge in [0.2, 0.25) is 0 Å². The number of nitrogens with one attached hydrogen (secondary N) is 1. The molecule has 24 heavy (non-hydrogen) atoms. The van der Waals surface area contributed by atoms with Crippen molar-refractivity contribution in [2.45, 2.75) is 32.9 Å². The lowest BCUT2D eigenvalue weighted by Gasteiger charge is -2.23. The number of hydrogen-bond acceptors (Lipinski definition) is 4. The number of rotatable bonds is 6. The van der Waals surface area contributed by atoms with Crippen molar-refractivity contribution in [1.29, 1.82) is 0 Å². The summed E-state index contributed by atoms with van der Waals surface area (Å²) < 4.78 is 7.48. The fraction of sp³-hybridized carbons (Fsp3) is 0.316. The monoisotopic (exact) mass is 325 g/mol. The minimum Gasteiger partial charge on any atom is -0.466 e. The van der Waals surface area contributed by atoms with Crippen LogP contribution < -0.4 is 5.32 Å². The predicted octanol–water partition coefficient (Wildman–Crippen LogP) is 3.08. The van der Waals surface area contributed by atoms with Gasteiger partial charge in [0, 0.05) is 36.7 Å². The second kappa shape index (κ2) is 6.63. The molecule has 1 aromatic carbocycles. The Balaban J connectivity index is 1.59. The Morgan fingerprint density at radius 3 is 2.58 bits per heavy atom. The maximum atomic E-state index is 10.7. The minimum absolute atomic E-state index is 0.454. The third kappa shape index (κ3) is 3.58. The molecule has 2 heterocycles.